The number of hydrogen-bond donors (Lipinski definition) is 1. The number of aromatic nitrogens is 1. The molecule has 144 valence electrons. The van der Waals surface area contributed by atoms with E-state index in [4.69, 9.17) is 0 Å². The number of hydrogen-bond acceptors (Lipinski definition) is 7. The number of para-hydroxylation sites is 1. The fourth-order valence-electron chi connectivity index (χ4n) is 3.36. The number of pyridine rings is 1. The molecule has 0 radical (unpaired) electrons. The summed E-state index contributed by atoms with van der Waals surface area (Å²) in [6.07, 6.45) is 6.44. The standard InChI is InChI=1S/C18H22N4O4S/c1-27(25,26)17-4-2-3-16(18(17)22(23)24)20-13-14-7-11-21(12-8-14)15-5-9-19-10-6-15/h2-6,9-10,14,20H,7-8,11-13H2,1H3. The molecule has 0 spiro atoms. The molecule has 1 aromatic carbocycles. The van der Waals surface area contributed by atoms with Gasteiger partial charge in [0.1, 0.15) is 10.6 Å². The van der Waals surface area contributed by atoms with Gasteiger partial charge in [-0.25, -0.2) is 8.42 Å². The van der Waals surface area contributed by atoms with Gasteiger partial charge in [0.2, 0.25) is 0 Å². The van der Waals surface area contributed by atoms with Crippen molar-refractivity contribution in [1.82, 2.24) is 4.98 Å². The van der Waals surface area contributed by atoms with Crippen molar-refractivity contribution in [2.75, 3.05) is 36.1 Å². The van der Waals surface area contributed by atoms with Crippen LogP contribution in [0.15, 0.2) is 47.6 Å². The Morgan fingerprint density at radius 1 is 1.22 bits per heavy atom. The maximum Gasteiger partial charge on any atom is 0.310 e. The van der Waals surface area contributed by atoms with Crippen LogP contribution in [0.5, 0.6) is 0 Å². The first-order valence-electron chi connectivity index (χ1n) is 8.72. The minimum atomic E-state index is -3.68. The van der Waals surface area contributed by atoms with Crippen LogP contribution < -0.4 is 10.2 Å². The third-order valence-electron chi connectivity index (χ3n) is 4.80. The van der Waals surface area contributed by atoms with Crippen molar-refractivity contribution in [3.63, 3.8) is 0 Å². The second-order valence-electron chi connectivity index (χ2n) is 6.70. The number of piperidine rings is 1. The van der Waals surface area contributed by atoms with Gasteiger partial charge in [0.15, 0.2) is 9.84 Å². The van der Waals surface area contributed by atoms with E-state index in [0.29, 0.717) is 12.5 Å². The molecule has 2 aromatic rings. The third kappa shape index (κ3) is 4.54. The Hall–Kier alpha value is -2.68. The molecule has 0 saturated carbocycles. The zero-order valence-electron chi connectivity index (χ0n) is 15.0. The lowest BCUT2D eigenvalue weighted by Crippen LogP contribution is -2.35. The maximum absolute atomic E-state index is 11.8. The van der Waals surface area contributed by atoms with Crippen molar-refractivity contribution in [2.24, 2.45) is 5.92 Å². The van der Waals surface area contributed by atoms with Gasteiger partial charge in [-0.2, -0.15) is 0 Å². The Balaban J connectivity index is 1.65. The van der Waals surface area contributed by atoms with Gasteiger partial charge in [0.25, 0.3) is 0 Å². The molecule has 8 nitrogen and oxygen atoms in total. The van der Waals surface area contributed by atoms with E-state index in [-0.39, 0.29) is 16.3 Å². The van der Waals surface area contributed by atoms with Gasteiger partial charge in [-0.05, 0) is 43.0 Å². The van der Waals surface area contributed by atoms with Crippen LogP contribution in [0.1, 0.15) is 12.8 Å². The first kappa shape index (κ1) is 19.1. The molecule has 1 N–H and O–H groups in total. The van der Waals surface area contributed by atoms with Crippen LogP contribution in [0, 0.1) is 16.0 Å². The van der Waals surface area contributed by atoms with Crippen LogP contribution in [0.2, 0.25) is 0 Å². The molecule has 1 aliphatic heterocycles. The second-order valence-corrected chi connectivity index (χ2v) is 8.68. The topological polar surface area (TPSA) is 105 Å². The van der Waals surface area contributed by atoms with Crippen molar-refractivity contribution in [1.29, 1.82) is 0 Å². The number of benzene rings is 1. The normalized spacial score (nSPS) is 15.5. The fourth-order valence-corrected chi connectivity index (χ4v) is 4.22. The van der Waals surface area contributed by atoms with Crippen LogP contribution in [0.4, 0.5) is 17.1 Å². The highest BCUT2D eigenvalue weighted by molar-refractivity contribution is 7.90. The van der Waals surface area contributed by atoms with Gasteiger partial charge < -0.3 is 10.2 Å². The van der Waals surface area contributed by atoms with Crippen LogP contribution in [-0.2, 0) is 9.84 Å². The van der Waals surface area contributed by atoms with Gasteiger partial charge in [-0.3, -0.25) is 15.1 Å². The maximum atomic E-state index is 11.8. The molecule has 2 heterocycles. The van der Waals surface area contributed by atoms with E-state index in [1.54, 1.807) is 18.5 Å². The molecule has 0 unspecified atom stereocenters. The molecule has 27 heavy (non-hydrogen) atoms. The SMILES string of the molecule is CS(=O)(=O)c1cccc(NCC2CCN(c3ccncc3)CC2)c1[N+](=O)[O-]. The van der Waals surface area contributed by atoms with Crippen LogP contribution in [-0.4, -0.2) is 44.2 Å². The van der Waals surface area contributed by atoms with Gasteiger partial charge in [-0.15, -0.1) is 0 Å². The van der Waals surface area contributed by atoms with Gasteiger partial charge in [0, 0.05) is 44.0 Å². The van der Waals surface area contributed by atoms with E-state index in [1.807, 2.05) is 12.1 Å². The number of nitrogens with one attached hydrogen (secondary N) is 1. The lowest BCUT2D eigenvalue weighted by Gasteiger charge is -2.33. The van der Waals surface area contributed by atoms with E-state index in [0.717, 1.165) is 37.9 Å². The quantitative estimate of drug-likeness (QED) is 0.597. The number of nitro groups is 1. The lowest BCUT2D eigenvalue weighted by molar-refractivity contribution is -0.386. The Labute approximate surface area is 158 Å². The zero-order valence-corrected chi connectivity index (χ0v) is 15.9. The van der Waals surface area contributed by atoms with Crippen molar-refractivity contribution in [2.45, 2.75) is 17.7 Å². The highest BCUT2D eigenvalue weighted by atomic mass is 32.2. The Kier molecular flexibility index (Phi) is 5.59. The van der Waals surface area contributed by atoms with Crippen molar-refractivity contribution in [3.8, 4) is 0 Å². The summed E-state index contributed by atoms with van der Waals surface area (Å²) < 4.78 is 23.7. The summed E-state index contributed by atoms with van der Waals surface area (Å²) in [6, 6.07) is 8.32. The summed E-state index contributed by atoms with van der Waals surface area (Å²) >= 11 is 0. The summed E-state index contributed by atoms with van der Waals surface area (Å²) in [5, 5.41) is 14.5. The van der Waals surface area contributed by atoms with E-state index in [1.165, 1.54) is 12.1 Å². The molecule has 0 bridgehead atoms. The molecule has 9 heteroatoms. The molecular weight excluding hydrogens is 368 g/mol. The minimum absolute atomic E-state index is 0.250. The summed E-state index contributed by atoms with van der Waals surface area (Å²) in [7, 11) is -3.68. The average Bonchev–Trinajstić information content (AvgIpc) is 2.66. The van der Waals surface area contributed by atoms with Crippen LogP contribution >= 0.6 is 0 Å². The predicted molar refractivity (Wildman–Crippen MR) is 104 cm³/mol. The first-order chi connectivity index (χ1) is 12.9. The van der Waals surface area contributed by atoms with E-state index >= 15 is 0 Å². The largest absolute Gasteiger partial charge is 0.379 e. The minimum Gasteiger partial charge on any atom is -0.379 e. The van der Waals surface area contributed by atoms with Crippen LogP contribution in [0.3, 0.4) is 0 Å². The van der Waals surface area contributed by atoms with E-state index in [2.05, 4.69) is 15.2 Å². The number of rotatable bonds is 6. The molecular formula is C18H22N4O4S. The predicted octanol–water partition coefficient (Wildman–Crippen LogP) is 2.72. The number of nitrogens with zero attached hydrogens (tertiary/aromatic N) is 3. The molecule has 1 aromatic heterocycles. The highest BCUT2D eigenvalue weighted by Crippen LogP contribution is 2.32. The molecule has 1 aliphatic rings. The van der Waals surface area contributed by atoms with Crippen LogP contribution in [0.25, 0.3) is 0 Å². The lowest BCUT2D eigenvalue weighted by atomic mass is 9.96. The smallest absolute Gasteiger partial charge is 0.310 e. The number of nitro benzene ring substituents is 1. The fraction of sp³-hybridized carbons (Fsp3) is 0.389. The summed E-state index contributed by atoms with van der Waals surface area (Å²) in [4.78, 5) is 16.9. The van der Waals surface area contributed by atoms with E-state index in [9.17, 15) is 18.5 Å². The Bertz CT molecular complexity index is 910. The molecule has 1 saturated heterocycles. The van der Waals surface area contributed by atoms with Crippen molar-refractivity contribution < 1.29 is 13.3 Å². The molecule has 1 fully saturated rings. The third-order valence-corrected chi connectivity index (χ3v) is 5.93. The highest BCUT2D eigenvalue weighted by Gasteiger charge is 2.27. The number of sulfone groups is 1. The Morgan fingerprint density at radius 3 is 2.48 bits per heavy atom. The molecule has 3 rings (SSSR count). The summed E-state index contributed by atoms with van der Waals surface area (Å²) in [5.41, 5.74) is 1.02. The van der Waals surface area contributed by atoms with Crippen molar-refractivity contribution in [3.05, 3.63) is 52.8 Å². The van der Waals surface area contributed by atoms with Gasteiger partial charge in [0.05, 0.1) is 4.92 Å². The molecule has 0 amide bonds. The zero-order chi connectivity index (χ0) is 19.4. The van der Waals surface area contributed by atoms with Gasteiger partial charge >= 0.3 is 5.69 Å². The van der Waals surface area contributed by atoms with Gasteiger partial charge in [-0.1, -0.05) is 6.07 Å². The summed E-state index contributed by atoms with van der Waals surface area (Å²) in [6.45, 7) is 2.38. The monoisotopic (exact) mass is 390 g/mol. The first-order valence-corrected chi connectivity index (χ1v) is 10.6. The molecule has 0 aliphatic carbocycles. The Morgan fingerprint density at radius 2 is 1.89 bits per heavy atom. The second kappa shape index (κ2) is 7.91. The van der Waals surface area contributed by atoms with Crippen molar-refractivity contribution >= 4 is 26.9 Å². The number of anilines is 2. The average molecular weight is 390 g/mol. The summed E-state index contributed by atoms with van der Waals surface area (Å²) in [5.74, 6) is 0.365. The van der Waals surface area contributed by atoms with E-state index < -0.39 is 14.8 Å². The molecule has 0 atom stereocenters.